The second kappa shape index (κ2) is 20.6. The minimum Gasteiger partial charge on any atom is -0.459 e. The Bertz CT molecular complexity index is 2080. The van der Waals surface area contributed by atoms with Crippen molar-refractivity contribution in [1.29, 1.82) is 0 Å². The third-order valence-electron chi connectivity index (χ3n) is 11.7. The van der Waals surface area contributed by atoms with Crippen molar-refractivity contribution in [2.45, 2.75) is 76.0 Å². The van der Waals surface area contributed by atoms with Crippen LogP contribution in [0.25, 0.3) is 6.08 Å². The van der Waals surface area contributed by atoms with E-state index in [-0.39, 0.29) is 55.6 Å². The fourth-order valence-corrected chi connectivity index (χ4v) is 9.24. The zero-order chi connectivity index (χ0) is 42.6. The minimum absolute atomic E-state index is 0.0203. The van der Waals surface area contributed by atoms with Gasteiger partial charge in [0.2, 0.25) is 11.7 Å². The number of nitro groups is 1. The van der Waals surface area contributed by atoms with E-state index in [9.17, 15) is 29.9 Å². The van der Waals surface area contributed by atoms with Crippen LogP contribution in [0.5, 0.6) is 17.2 Å². The first-order chi connectivity index (χ1) is 29.2. The van der Waals surface area contributed by atoms with Gasteiger partial charge in [-0.1, -0.05) is 49.2 Å². The molecule has 1 aliphatic heterocycles. The molecule has 0 spiro atoms. The van der Waals surface area contributed by atoms with E-state index in [0.717, 1.165) is 43.1 Å². The first-order valence-corrected chi connectivity index (χ1v) is 20.8. The number of carbonyl (C=O) groups is 2. The van der Waals surface area contributed by atoms with Gasteiger partial charge in [0.15, 0.2) is 0 Å². The van der Waals surface area contributed by atoms with Gasteiger partial charge < -0.3 is 34.2 Å². The van der Waals surface area contributed by atoms with Gasteiger partial charge >= 0.3 is 0 Å². The summed E-state index contributed by atoms with van der Waals surface area (Å²) < 4.78 is 20.6. The number of nitrogens with zero attached hydrogens (tertiary/aromatic N) is 3. The molecule has 1 heterocycles. The van der Waals surface area contributed by atoms with E-state index in [1.807, 2.05) is 25.1 Å². The molecular weight excluding hydrogens is 767 g/mol. The molecule has 0 saturated heterocycles. The third kappa shape index (κ3) is 9.54. The Morgan fingerprint density at radius 2 is 1.78 bits per heavy atom. The number of non-ortho nitro benzene ring substituents is 1. The number of aliphatic hydroxyl groups is 2. The number of carbonyl (C=O) groups excluding carboxylic acids is 2. The van der Waals surface area contributed by atoms with Crippen molar-refractivity contribution in [3.63, 3.8) is 0 Å². The molecule has 318 valence electrons. The molecular formula is C47H55N3O10. The zero-order valence-electron chi connectivity index (χ0n) is 34.3. The summed E-state index contributed by atoms with van der Waals surface area (Å²) in [5.74, 6) is -0.748. The van der Waals surface area contributed by atoms with Gasteiger partial charge in [-0.3, -0.25) is 19.7 Å². The van der Waals surface area contributed by atoms with Crippen LogP contribution in [-0.4, -0.2) is 83.2 Å². The van der Waals surface area contributed by atoms with Crippen molar-refractivity contribution in [1.82, 2.24) is 4.90 Å². The summed E-state index contributed by atoms with van der Waals surface area (Å²) in [5, 5.41) is 35.6. The lowest BCUT2D eigenvalue weighted by Gasteiger charge is -2.60. The van der Waals surface area contributed by atoms with E-state index in [2.05, 4.69) is 17.8 Å². The number of benzene rings is 3. The molecule has 6 atom stereocenters. The number of rotatable bonds is 21. The monoisotopic (exact) mass is 821 g/mol. The average molecular weight is 822 g/mol. The average Bonchev–Trinajstić information content (AvgIpc) is 3.26. The van der Waals surface area contributed by atoms with Gasteiger partial charge in [-0.25, -0.2) is 0 Å². The molecule has 3 aromatic carbocycles. The van der Waals surface area contributed by atoms with Gasteiger partial charge in [-0.05, 0) is 104 Å². The second-order valence-corrected chi connectivity index (χ2v) is 15.5. The van der Waals surface area contributed by atoms with Crippen molar-refractivity contribution in [2.75, 3.05) is 33.5 Å². The molecule has 1 amide bonds. The maximum absolute atomic E-state index is 14.6. The molecule has 0 bridgehead atoms. The molecule has 2 N–H and O–H groups in total. The van der Waals surface area contributed by atoms with Crippen LogP contribution in [0.1, 0.15) is 85.7 Å². The molecule has 0 aromatic heterocycles. The summed E-state index contributed by atoms with van der Waals surface area (Å²) in [4.78, 5) is 44.3. The van der Waals surface area contributed by atoms with Gasteiger partial charge in [0.25, 0.3) is 5.69 Å². The van der Waals surface area contributed by atoms with Crippen molar-refractivity contribution in [2.24, 2.45) is 22.9 Å². The van der Waals surface area contributed by atoms with E-state index < -0.39 is 22.7 Å². The number of hydrogen-bond acceptors (Lipinski definition) is 11. The minimum atomic E-state index is -1.43. The summed E-state index contributed by atoms with van der Waals surface area (Å²) in [6.45, 7) is 6.62. The molecule has 2 aliphatic carbocycles. The van der Waals surface area contributed by atoms with E-state index in [1.54, 1.807) is 53.5 Å². The SMILES string of the molecule is C=CCOC12Oc3ccc(Oc4cccc(C=O)c4)cc3C3C(CCCCO)C(CCCCO)C=C(C(=NOC)CC1N(CCC)C(=O)C=Cc1ccc([N+](=O)[O-])cc1)C32. The highest BCUT2D eigenvalue weighted by Crippen LogP contribution is 2.62. The zero-order valence-corrected chi connectivity index (χ0v) is 34.3. The lowest BCUT2D eigenvalue weighted by Crippen LogP contribution is -2.70. The Balaban J connectivity index is 1.54. The normalized spacial score (nSPS) is 23.5. The highest BCUT2D eigenvalue weighted by Gasteiger charge is 2.65. The van der Waals surface area contributed by atoms with Crippen molar-refractivity contribution < 1.29 is 43.8 Å². The Morgan fingerprint density at radius 3 is 2.47 bits per heavy atom. The summed E-state index contributed by atoms with van der Waals surface area (Å²) in [6.07, 6.45) is 13.2. The lowest BCUT2D eigenvalue weighted by molar-refractivity contribution is -0.384. The van der Waals surface area contributed by atoms with Crippen molar-refractivity contribution in [3.05, 3.63) is 124 Å². The number of unbranched alkanes of at least 4 members (excludes halogenated alkanes) is 2. The first-order valence-electron chi connectivity index (χ1n) is 20.8. The van der Waals surface area contributed by atoms with E-state index >= 15 is 0 Å². The maximum atomic E-state index is 14.6. The van der Waals surface area contributed by atoms with Gasteiger partial charge in [0.05, 0.1) is 23.2 Å². The second-order valence-electron chi connectivity index (χ2n) is 15.5. The quantitative estimate of drug-likeness (QED) is 0.0266. The lowest BCUT2D eigenvalue weighted by atomic mass is 9.55. The highest BCUT2D eigenvalue weighted by molar-refractivity contribution is 6.03. The molecule has 3 aliphatic rings. The van der Waals surface area contributed by atoms with Crippen LogP contribution in [-0.2, 0) is 14.4 Å². The van der Waals surface area contributed by atoms with Crippen molar-refractivity contribution >= 4 is 29.7 Å². The van der Waals surface area contributed by atoms with Gasteiger partial charge in [-0.15, -0.1) is 6.58 Å². The number of hydrogen-bond donors (Lipinski definition) is 2. The smallest absolute Gasteiger partial charge is 0.269 e. The number of ether oxygens (including phenoxy) is 3. The Kier molecular flexibility index (Phi) is 15.1. The summed E-state index contributed by atoms with van der Waals surface area (Å²) in [7, 11) is 1.51. The number of nitro benzene ring substituents is 1. The number of oxime groups is 1. The molecule has 1 saturated carbocycles. The Morgan fingerprint density at radius 1 is 1.03 bits per heavy atom. The molecule has 13 heteroatoms. The van der Waals surface area contributed by atoms with E-state index in [4.69, 9.17) is 19.0 Å². The topological polar surface area (TPSA) is 170 Å². The molecule has 3 aromatic rings. The molecule has 60 heavy (non-hydrogen) atoms. The summed E-state index contributed by atoms with van der Waals surface area (Å²) in [6, 6.07) is 17.9. The van der Waals surface area contributed by atoms with Gasteiger partial charge in [-0.2, -0.15) is 0 Å². The standard InChI is InChI=1S/C47H55N3O10/c1-4-23-49(44(54)22-17-32-15-18-35(19-16-32)50(55)56)43-30-41(48-57-3)39-28-34(12-6-8-24-51)38(14-7-9-25-52)45-40-29-37(59-36-13-10-11-33(27-36)31-53)20-21-42(40)60-47(43,46(39)45)58-26-5-2/h5,10-11,13,15-22,27-29,31,34,38,43,45-46,51-52H,2,4,6-9,12,14,23-26,30H2,1,3H3. The molecule has 6 unspecified atom stereocenters. The Hall–Kier alpha value is -5.63. The van der Waals surface area contributed by atoms with Crippen LogP contribution in [0.15, 0.2) is 102 Å². The number of allylic oxidation sites excluding steroid dienone is 1. The fourth-order valence-electron chi connectivity index (χ4n) is 9.24. The summed E-state index contributed by atoms with van der Waals surface area (Å²) in [5.41, 5.74) is 3.56. The molecule has 1 fully saturated rings. The van der Waals surface area contributed by atoms with E-state index in [1.165, 1.54) is 25.3 Å². The Labute approximate surface area is 351 Å². The predicted molar refractivity (Wildman–Crippen MR) is 228 cm³/mol. The van der Waals surface area contributed by atoms with Gasteiger partial charge in [0.1, 0.15) is 36.7 Å². The first kappa shape index (κ1) is 43.9. The highest BCUT2D eigenvalue weighted by atomic mass is 16.7. The fraction of sp³-hybridized carbons (Fsp3) is 0.426. The van der Waals surface area contributed by atoms with Gasteiger partial charge in [0, 0.05) is 61.4 Å². The van der Waals surface area contributed by atoms with Crippen molar-refractivity contribution in [3.8, 4) is 17.2 Å². The molecule has 0 radical (unpaired) electrons. The van der Waals surface area contributed by atoms with Crippen LogP contribution in [0, 0.1) is 27.9 Å². The summed E-state index contributed by atoms with van der Waals surface area (Å²) >= 11 is 0. The number of aldehydes is 1. The number of amides is 1. The van der Waals surface area contributed by atoms with Crippen LogP contribution < -0.4 is 9.47 Å². The number of fused-ring (bicyclic) bond motifs is 2. The molecule has 13 nitrogen and oxygen atoms in total. The predicted octanol–water partition coefficient (Wildman–Crippen LogP) is 8.42. The largest absolute Gasteiger partial charge is 0.459 e. The maximum Gasteiger partial charge on any atom is 0.269 e. The van der Waals surface area contributed by atoms with E-state index in [0.29, 0.717) is 59.9 Å². The number of aliphatic hydroxyl groups excluding tert-OH is 2. The molecule has 6 rings (SSSR count). The van der Waals surface area contributed by atoms with Crippen LogP contribution in [0.3, 0.4) is 0 Å². The van der Waals surface area contributed by atoms with Crippen LogP contribution >= 0.6 is 0 Å². The third-order valence-corrected chi connectivity index (χ3v) is 11.7. The van der Waals surface area contributed by atoms with Crippen LogP contribution in [0.4, 0.5) is 5.69 Å². The van der Waals surface area contributed by atoms with Crippen LogP contribution in [0.2, 0.25) is 0 Å².